The number of benzene rings is 1. The van der Waals surface area contributed by atoms with E-state index < -0.39 is 25.8 Å². The van der Waals surface area contributed by atoms with Crippen LogP contribution in [-0.2, 0) is 24.7 Å². The summed E-state index contributed by atoms with van der Waals surface area (Å²) in [5.41, 5.74) is 0.563. The maximum Gasteiger partial charge on any atom is 0.256 e. The normalized spacial score (nSPS) is 12.0. The predicted octanol–water partition coefficient (Wildman–Crippen LogP) is 1.39. The lowest BCUT2D eigenvalue weighted by molar-refractivity contribution is -0.111. The van der Waals surface area contributed by atoms with E-state index in [1.165, 1.54) is 50.5 Å². The number of sulfone groups is 1. The summed E-state index contributed by atoms with van der Waals surface area (Å²) in [7, 11) is -4.12. The Labute approximate surface area is 158 Å². The molecule has 1 heterocycles. The van der Waals surface area contributed by atoms with Crippen molar-refractivity contribution in [2.45, 2.75) is 9.79 Å². The Morgan fingerprint density at radius 1 is 1.00 bits per heavy atom. The van der Waals surface area contributed by atoms with Crippen molar-refractivity contribution in [1.29, 1.82) is 0 Å². The molecule has 1 aromatic carbocycles. The first-order chi connectivity index (χ1) is 12.4. The number of hydrogen-bond donors (Lipinski definition) is 1. The molecule has 0 saturated carbocycles. The Kier molecular flexibility index (Phi) is 5.83. The Morgan fingerprint density at radius 2 is 1.56 bits per heavy atom. The van der Waals surface area contributed by atoms with Crippen molar-refractivity contribution in [2.24, 2.45) is 0 Å². The van der Waals surface area contributed by atoms with Crippen molar-refractivity contribution < 1.29 is 21.6 Å². The molecule has 0 spiro atoms. The van der Waals surface area contributed by atoms with Crippen LogP contribution in [0.25, 0.3) is 5.57 Å². The van der Waals surface area contributed by atoms with Crippen LogP contribution >= 0.6 is 0 Å². The molecule has 2 aromatic rings. The van der Waals surface area contributed by atoms with Crippen molar-refractivity contribution in [3.05, 3.63) is 54.7 Å². The molecule has 1 aromatic heterocycles. The number of pyridine rings is 1. The van der Waals surface area contributed by atoms with Gasteiger partial charge in [0.25, 0.3) is 5.91 Å². The number of amides is 1. The lowest BCUT2D eigenvalue weighted by Crippen LogP contribution is -2.22. The largest absolute Gasteiger partial charge is 0.307 e. The van der Waals surface area contributed by atoms with E-state index in [4.69, 9.17) is 0 Å². The van der Waals surface area contributed by atoms with Gasteiger partial charge in [-0.25, -0.2) is 26.1 Å². The molecule has 0 aliphatic rings. The molecule has 0 atom stereocenters. The summed E-state index contributed by atoms with van der Waals surface area (Å²) >= 11 is 0. The van der Waals surface area contributed by atoms with Gasteiger partial charge in [-0.3, -0.25) is 4.79 Å². The third kappa shape index (κ3) is 4.79. The second kappa shape index (κ2) is 7.59. The number of sulfonamides is 1. The van der Waals surface area contributed by atoms with Crippen LogP contribution in [0.2, 0.25) is 0 Å². The fourth-order valence-electron chi connectivity index (χ4n) is 2.04. The van der Waals surface area contributed by atoms with E-state index in [9.17, 15) is 21.6 Å². The molecular formula is C17H19N3O5S2. The highest BCUT2D eigenvalue weighted by Crippen LogP contribution is 2.19. The number of carbonyl (C=O) groups excluding carboxylic acids is 1. The van der Waals surface area contributed by atoms with Gasteiger partial charge < -0.3 is 5.32 Å². The van der Waals surface area contributed by atoms with Crippen molar-refractivity contribution in [1.82, 2.24) is 9.29 Å². The molecule has 144 valence electrons. The second-order valence-corrected chi connectivity index (χ2v) is 10.1. The minimum atomic E-state index is -3.61. The van der Waals surface area contributed by atoms with Gasteiger partial charge in [0.2, 0.25) is 10.0 Å². The fourth-order valence-corrected chi connectivity index (χ4v) is 3.52. The number of rotatable bonds is 6. The van der Waals surface area contributed by atoms with Crippen LogP contribution in [0.1, 0.15) is 5.56 Å². The molecule has 0 unspecified atom stereocenters. The van der Waals surface area contributed by atoms with E-state index in [0.29, 0.717) is 5.56 Å². The smallest absolute Gasteiger partial charge is 0.256 e. The molecule has 27 heavy (non-hydrogen) atoms. The Hall–Kier alpha value is -2.56. The van der Waals surface area contributed by atoms with Crippen LogP contribution in [0.3, 0.4) is 0 Å². The molecule has 0 fully saturated rings. The van der Waals surface area contributed by atoms with Gasteiger partial charge in [0.15, 0.2) is 9.84 Å². The third-order valence-electron chi connectivity index (χ3n) is 3.66. The number of nitrogens with one attached hydrogen (secondary N) is 1. The van der Waals surface area contributed by atoms with Gasteiger partial charge in [-0.1, -0.05) is 18.7 Å². The fraction of sp³-hybridized carbons (Fsp3) is 0.176. The monoisotopic (exact) mass is 409 g/mol. The minimum absolute atomic E-state index is 0.000638. The van der Waals surface area contributed by atoms with E-state index >= 15 is 0 Å². The summed E-state index contributed by atoms with van der Waals surface area (Å²) in [6.07, 6.45) is 2.24. The highest BCUT2D eigenvalue weighted by atomic mass is 32.2. The minimum Gasteiger partial charge on any atom is -0.307 e. The zero-order chi connectivity index (χ0) is 20.4. The molecular weight excluding hydrogens is 390 g/mol. The van der Waals surface area contributed by atoms with Gasteiger partial charge in [0, 0.05) is 32.1 Å². The second-order valence-electron chi connectivity index (χ2n) is 5.90. The zero-order valence-corrected chi connectivity index (χ0v) is 16.6. The van der Waals surface area contributed by atoms with Crippen LogP contribution in [0.15, 0.2) is 59.0 Å². The number of hydrogen-bond acceptors (Lipinski definition) is 6. The quantitative estimate of drug-likeness (QED) is 0.721. The Bertz CT molecular complexity index is 1070. The van der Waals surface area contributed by atoms with Crippen LogP contribution in [0.5, 0.6) is 0 Å². The molecule has 1 amide bonds. The number of carbonyl (C=O) groups is 1. The summed E-state index contributed by atoms with van der Waals surface area (Å²) in [6, 6.07) is 8.46. The first-order valence-electron chi connectivity index (χ1n) is 7.62. The first kappa shape index (κ1) is 20.7. The van der Waals surface area contributed by atoms with Crippen LogP contribution in [0, 0.1) is 0 Å². The summed E-state index contributed by atoms with van der Waals surface area (Å²) in [5, 5.41) is 2.52. The molecule has 10 heteroatoms. The molecule has 0 radical (unpaired) electrons. The van der Waals surface area contributed by atoms with Gasteiger partial charge in [0.05, 0.1) is 4.90 Å². The maximum absolute atomic E-state index is 12.3. The van der Waals surface area contributed by atoms with Crippen molar-refractivity contribution in [3.63, 3.8) is 0 Å². The molecule has 1 N–H and O–H groups in total. The highest BCUT2D eigenvalue weighted by Gasteiger charge is 2.18. The third-order valence-corrected chi connectivity index (χ3v) is 6.59. The number of nitrogens with zero attached hydrogens (tertiary/aromatic N) is 2. The van der Waals surface area contributed by atoms with E-state index in [1.54, 1.807) is 0 Å². The maximum atomic E-state index is 12.3. The summed E-state index contributed by atoms with van der Waals surface area (Å²) in [6.45, 7) is 3.70. The van der Waals surface area contributed by atoms with Crippen LogP contribution in [-0.4, -0.2) is 52.4 Å². The van der Waals surface area contributed by atoms with Crippen molar-refractivity contribution in [2.75, 3.05) is 25.7 Å². The predicted molar refractivity (Wildman–Crippen MR) is 102 cm³/mol. The Balaban J connectivity index is 2.14. The standard InChI is InChI=1S/C17H19N3O5S2/c1-12(13-5-7-14(8-6-13)26(4,22)23)17(21)19-16-10-9-15(11-18-16)27(24,25)20(2)3/h5-11H,1H2,2-4H3,(H,18,19,21). The molecule has 0 aliphatic carbocycles. The topological polar surface area (TPSA) is 114 Å². The van der Waals surface area contributed by atoms with E-state index in [-0.39, 0.29) is 21.2 Å². The van der Waals surface area contributed by atoms with Gasteiger partial charge in [0.1, 0.15) is 10.7 Å². The average Bonchev–Trinajstić information content (AvgIpc) is 2.60. The summed E-state index contributed by atoms with van der Waals surface area (Å²) < 4.78 is 48.0. The lowest BCUT2D eigenvalue weighted by Gasteiger charge is -2.12. The number of aromatic nitrogens is 1. The van der Waals surface area contributed by atoms with Gasteiger partial charge in [-0.2, -0.15) is 0 Å². The van der Waals surface area contributed by atoms with E-state index in [0.717, 1.165) is 16.8 Å². The van der Waals surface area contributed by atoms with Gasteiger partial charge in [-0.15, -0.1) is 0 Å². The molecule has 0 aliphatic heterocycles. The average molecular weight is 409 g/mol. The van der Waals surface area contributed by atoms with Crippen molar-refractivity contribution in [3.8, 4) is 0 Å². The molecule has 0 saturated heterocycles. The summed E-state index contributed by atoms with van der Waals surface area (Å²) in [5.74, 6) is -0.385. The van der Waals surface area contributed by atoms with Gasteiger partial charge >= 0.3 is 0 Å². The van der Waals surface area contributed by atoms with Crippen molar-refractivity contribution >= 4 is 37.2 Å². The van der Waals surface area contributed by atoms with E-state index in [2.05, 4.69) is 16.9 Å². The van der Waals surface area contributed by atoms with E-state index in [1.807, 2.05) is 0 Å². The number of anilines is 1. The molecule has 0 bridgehead atoms. The lowest BCUT2D eigenvalue weighted by atomic mass is 10.1. The first-order valence-corrected chi connectivity index (χ1v) is 11.0. The van der Waals surface area contributed by atoms with Crippen LogP contribution in [0.4, 0.5) is 5.82 Å². The summed E-state index contributed by atoms with van der Waals surface area (Å²) in [4.78, 5) is 16.4. The molecule has 2 rings (SSSR count). The zero-order valence-electron chi connectivity index (χ0n) is 15.0. The Morgan fingerprint density at radius 3 is 2.00 bits per heavy atom. The molecule has 8 nitrogen and oxygen atoms in total. The van der Waals surface area contributed by atoms with Crippen LogP contribution < -0.4 is 5.32 Å². The highest BCUT2D eigenvalue weighted by molar-refractivity contribution is 7.90. The SMILES string of the molecule is C=C(C(=O)Nc1ccc(S(=O)(=O)N(C)C)cn1)c1ccc(S(C)(=O)=O)cc1. The van der Waals surface area contributed by atoms with Gasteiger partial charge in [-0.05, 0) is 29.8 Å².